The number of aromatic nitrogens is 1. The molecular weight excluding hydrogens is 292 g/mol. The number of aryl methyl sites for hydroxylation is 2. The molecule has 21 heavy (non-hydrogen) atoms. The molecule has 6 heteroatoms. The van der Waals surface area contributed by atoms with Crippen LogP contribution in [0.4, 0.5) is 5.69 Å². The van der Waals surface area contributed by atoms with Gasteiger partial charge in [-0.3, -0.25) is 4.79 Å². The first-order valence-corrected chi connectivity index (χ1v) is 7.06. The van der Waals surface area contributed by atoms with Gasteiger partial charge in [-0.05, 0) is 32.9 Å². The van der Waals surface area contributed by atoms with Gasteiger partial charge in [-0.2, -0.15) is 0 Å². The van der Waals surface area contributed by atoms with Crippen LogP contribution in [0.2, 0.25) is 5.02 Å². The van der Waals surface area contributed by atoms with Crippen LogP contribution in [-0.2, 0) is 0 Å². The summed E-state index contributed by atoms with van der Waals surface area (Å²) in [4.78, 5) is 14.5. The predicted octanol–water partition coefficient (Wildman–Crippen LogP) is 3.37. The molecule has 1 aromatic carbocycles. The molecule has 0 saturated carbocycles. The van der Waals surface area contributed by atoms with Crippen LogP contribution in [0.25, 0.3) is 0 Å². The Morgan fingerprint density at radius 2 is 2.19 bits per heavy atom. The van der Waals surface area contributed by atoms with E-state index in [0.29, 0.717) is 40.0 Å². The third kappa shape index (κ3) is 2.27. The summed E-state index contributed by atoms with van der Waals surface area (Å²) in [6.07, 6.45) is -0.137. The number of benzene rings is 1. The Labute approximate surface area is 127 Å². The maximum absolute atomic E-state index is 12.8. The van der Waals surface area contributed by atoms with Gasteiger partial charge in [0, 0.05) is 0 Å². The third-order valence-corrected chi connectivity index (χ3v) is 3.79. The van der Waals surface area contributed by atoms with E-state index in [4.69, 9.17) is 20.9 Å². The van der Waals surface area contributed by atoms with Crippen LogP contribution in [0.1, 0.15) is 28.7 Å². The second-order valence-electron chi connectivity index (χ2n) is 5.13. The van der Waals surface area contributed by atoms with Crippen LogP contribution in [0.3, 0.4) is 0 Å². The van der Waals surface area contributed by atoms with Gasteiger partial charge in [0.05, 0.1) is 22.9 Å². The number of hydrogen-bond donors (Lipinski definition) is 0. The Morgan fingerprint density at radius 3 is 2.86 bits per heavy atom. The molecule has 0 radical (unpaired) electrons. The lowest BCUT2D eigenvalue weighted by molar-refractivity contribution is 0.0959. The fourth-order valence-corrected chi connectivity index (χ4v) is 2.75. The smallest absolute Gasteiger partial charge is 0.264 e. The lowest BCUT2D eigenvalue weighted by Gasteiger charge is -2.33. The molecule has 0 bridgehead atoms. The van der Waals surface area contributed by atoms with Gasteiger partial charge in [0.15, 0.2) is 5.75 Å². The van der Waals surface area contributed by atoms with E-state index in [1.807, 2.05) is 13.0 Å². The number of amides is 1. The molecule has 1 unspecified atom stereocenters. The van der Waals surface area contributed by atoms with Crippen LogP contribution in [0.5, 0.6) is 5.75 Å². The summed E-state index contributed by atoms with van der Waals surface area (Å²) < 4.78 is 10.8. The third-order valence-electron chi connectivity index (χ3n) is 3.49. The minimum Gasteiger partial charge on any atom is -0.485 e. The molecule has 2 heterocycles. The summed E-state index contributed by atoms with van der Waals surface area (Å²) in [5.74, 6) is 0.906. The van der Waals surface area contributed by atoms with Gasteiger partial charge in [-0.25, -0.2) is 0 Å². The number of para-hydroxylation sites is 1. The maximum Gasteiger partial charge on any atom is 0.264 e. The average Bonchev–Trinajstić information content (AvgIpc) is 2.78. The molecule has 5 nitrogen and oxygen atoms in total. The number of fused-ring (bicyclic) bond motifs is 1. The van der Waals surface area contributed by atoms with Crippen LogP contribution in [-0.4, -0.2) is 23.7 Å². The van der Waals surface area contributed by atoms with E-state index in [2.05, 4.69) is 5.16 Å². The highest BCUT2D eigenvalue weighted by Gasteiger charge is 2.32. The molecule has 110 valence electrons. The Hall–Kier alpha value is -2.01. The molecule has 0 N–H and O–H groups in total. The standard InChI is InChI=1S/C15H15ClN2O3/c1-8-7-18(12-6-4-5-11(16)14(12)20-8)15(19)13-9(2)17-21-10(13)3/h4-6,8H,7H2,1-3H3. The zero-order valence-electron chi connectivity index (χ0n) is 12.0. The number of rotatable bonds is 1. The van der Waals surface area contributed by atoms with Crippen molar-refractivity contribution in [1.82, 2.24) is 5.16 Å². The van der Waals surface area contributed by atoms with E-state index in [1.54, 1.807) is 30.9 Å². The SMILES string of the molecule is Cc1noc(C)c1C(=O)N1CC(C)Oc2c(Cl)cccc21. The second-order valence-corrected chi connectivity index (χ2v) is 5.54. The fraction of sp³-hybridized carbons (Fsp3) is 0.333. The van der Waals surface area contributed by atoms with Crippen LogP contribution in [0.15, 0.2) is 22.7 Å². The molecule has 0 saturated heterocycles. The summed E-state index contributed by atoms with van der Waals surface area (Å²) in [6, 6.07) is 5.37. The van der Waals surface area contributed by atoms with Crippen molar-refractivity contribution in [3.05, 3.63) is 40.2 Å². The topological polar surface area (TPSA) is 55.6 Å². The summed E-state index contributed by atoms with van der Waals surface area (Å²) >= 11 is 6.17. The van der Waals surface area contributed by atoms with Gasteiger partial charge < -0.3 is 14.2 Å². The van der Waals surface area contributed by atoms with Crippen molar-refractivity contribution in [1.29, 1.82) is 0 Å². The van der Waals surface area contributed by atoms with Crippen LogP contribution in [0, 0.1) is 13.8 Å². The van der Waals surface area contributed by atoms with Crippen molar-refractivity contribution < 1.29 is 14.1 Å². The van der Waals surface area contributed by atoms with E-state index >= 15 is 0 Å². The molecule has 1 aliphatic rings. The molecule has 0 aliphatic carbocycles. The van der Waals surface area contributed by atoms with Gasteiger partial charge in [0.2, 0.25) is 0 Å². The maximum atomic E-state index is 12.8. The zero-order chi connectivity index (χ0) is 15.1. The van der Waals surface area contributed by atoms with Crippen molar-refractivity contribution in [3.8, 4) is 5.75 Å². The highest BCUT2D eigenvalue weighted by Crippen LogP contribution is 2.40. The van der Waals surface area contributed by atoms with Crippen molar-refractivity contribution in [3.63, 3.8) is 0 Å². The Morgan fingerprint density at radius 1 is 1.43 bits per heavy atom. The van der Waals surface area contributed by atoms with Gasteiger partial charge in [0.1, 0.15) is 17.4 Å². The predicted molar refractivity (Wildman–Crippen MR) is 79.2 cm³/mol. The van der Waals surface area contributed by atoms with Crippen molar-refractivity contribution in [2.45, 2.75) is 26.9 Å². The number of carbonyl (C=O) groups is 1. The zero-order valence-corrected chi connectivity index (χ0v) is 12.8. The normalized spacial score (nSPS) is 17.3. The summed E-state index contributed by atoms with van der Waals surface area (Å²) in [6.45, 7) is 5.85. The molecule has 1 atom stereocenters. The summed E-state index contributed by atoms with van der Waals surface area (Å²) in [7, 11) is 0. The molecule has 0 spiro atoms. The van der Waals surface area contributed by atoms with E-state index < -0.39 is 0 Å². The average molecular weight is 307 g/mol. The molecule has 0 fully saturated rings. The van der Waals surface area contributed by atoms with Crippen molar-refractivity contribution in [2.24, 2.45) is 0 Å². The van der Waals surface area contributed by atoms with E-state index in [1.165, 1.54) is 0 Å². The van der Waals surface area contributed by atoms with Gasteiger partial charge >= 0.3 is 0 Å². The molecule has 3 rings (SSSR count). The quantitative estimate of drug-likeness (QED) is 0.810. The van der Waals surface area contributed by atoms with E-state index in [9.17, 15) is 4.79 Å². The number of carbonyl (C=O) groups excluding carboxylic acids is 1. The second kappa shape index (κ2) is 5.07. The first-order valence-electron chi connectivity index (χ1n) is 6.69. The Balaban J connectivity index is 2.08. The lowest BCUT2D eigenvalue weighted by Crippen LogP contribution is -2.42. The lowest BCUT2D eigenvalue weighted by atomic mass is 10.1. The van der Waals surface area contributed by atoms with Gasteiger partial charge in [-0.15, -0.1) is 0 Å². The number of ether oxygens (including phenoxy) is 1. The first-order chi connectivity index (χ1) is 9.99. The molecule has 1 aliphatic heterocycles. The first kappa shape index (κ1) is 13.9. The number of hydrogen-bond acceptors (Lipinski definition) is 4. The van der Waals surface area contributed by atoms with Crippen molar-refractivity contribution in [2.75, 3.05) is 11.4 Å². The number of halogens is 1. The largest absolute Gasteiger partial charge is 0.485 e. The molecular formula is C15H15ClN2O3. The molecule has 1 aromatic heterocycles. The highest BCUT2D eigenvalue weighted by atomic mass is 35.5. The van der Waals surface area contributed by atoms with Crippen LogP contribution >= 0.6 is 11.6 Å². The Bertz CT molecular complexity index is 691. The van der Waals surface area contributed by atoms with Crippen molar-refractivity contribution >= 4 is 23.2 Å². The number of nitrogens with zero attached hydrogens (tertiary/aromatic N) is 2. The van der Waals surface area contributed by atoms with Gasteiger partial charge in [0.25, 0.3) is 5.91 Å². The molecule has 2 aromatic rings. The monoisotopic (exact) mass is 306 g/mol. The highest BCUT2D eigenvalue weighted by molar-refractivity contribution is 6.32. The Kier molecular flexibility index (Phi) is 3.37. The summed E-state index contributed by atoms with van der Waals surface area (Å²) in [5.41, 5.74) is 1.75. The summed E-state index contributed by atoms with van der Waals surface area (Å²) in [5, 5.41) is 4.34. The molecule has 1 amide bonds. The van der Waals surface area contributed by atoms with Gasteiger partial charge in [-0.1, -0.05) is 22.8 Å². The minimum atomic E-state index is -0.148. The van der Waals surface area contributed by atoms with E-state index in [0.717, 1.165) is 0 Å². The minimum absolute atomic E-state index is 0.137. The fourth-order valence-electron chi connectivity index (χ4n) is 2.54. The van der Waals surface area contributed by atoms with E-state index in [-0.39, 0.29) is 12.0 Å². The number of anilines is 1. The van der Waals surface area contributed by atoms with Crippen LogP contribution < -0.4 is 9.64 Å².